The molecule has 3 nitrogen and oxygen atoms in total. The Bertz CT molecular complexity index is 508. The first-order valence-corrected chi connectivity index (χ1v) is 5.53. The van der Waals surface area contributed by atoms with Crippen LogP contribution in [0.4, 0.5) is 5.69 Å². The van der Waals surface area contributed by atoms with Crippen LogP contribution in [0.3, 0.4) is 0 Å². The molecule has 4 heteroatoms. The van der Waals surface area contributed by atoms with Gasteiger partial charge < -0.3 is 5.32 Å². The highest BCUT2D eigenvalue weighted by molar-refractivity contribution is 6.19. The molecule has 1 aromatic heterocycles. The minimum Gasteiger partial charge on any atom is -0.325 e. The van der Waals surface area contributed by atoms with Crippen molar-refractivity contribution in [1.29, 1.82) is 0 Å². The number of carbonyl (C=O) groups excluding carboxylic acids is 1. The van der Waals surface area contributed by atoms with Crippen molar-refractivity contribution in [3.63, 3.8) is 0 Å². The molecule has 0 saturated heterocycles. The van der Waals surface area contributed by atoms with Gasteiger partial charge in [0.2, 0.25) is 5.91 Å². The summed E-state index contributed by atoms with van der Waals surface area (Å²) in [5.41, 5.74) is 0.801. The van der Waals surface area contributed by atoms with Gasteiger partial charge in [0.1, 0.15) is 0 Å². The number of halogens is 1. The second-order valence-corrected chi connectivity index (χ2v) is 3.77. The lowest BCUT2D eigenvalue weighted by molar-refractivity contribution is -0.115. The Labute approximate surface area is 98.4 Å². The summed E-state index contributed by atoms with van der Waals surface area (Å²) in [5.74, 6) is 0.261. The van der Waals surface area contributed by atoms with Gasteiger partial charge in [-0.25, -0.2) is 0 Å². The summed E-state index contributed by atoms with van der Waals surface area (Å²) in [6.07, 6.45) is 3.80. The Hall–Kier alpha value is -1.61. The van der Waals surface area contributed by atoms with Crippen LogP contribution >= 0.6 is 11.6 Å². The van der Waals surface area contributed by atoms with Crippen LogP contribution in [0.1, 0.15) is 6.42 Å². The predicted octanol–water partition coefficient (Wildman–Crippen LogP) is 2.80. The van der Waals surface area contributed by atoms with Crippen LogP contribution in [0.2, 0.25) is 0 Å². The van der Waals surface area contributed by atoms with E-state index in [9.17, 15) is 4.79 Å². The van der Waals surface area contributed by atoms with E-state index < -0.39 is 0 Å². The van der Waals surface area contributed by atoms with Crippen molar-refractivity contribution < 1.29 is 4.79 Å². The zero-order valence-corrected chi connectivity index (χ0v) is 9.37. The second-order valence-electron chi connectivity index (χ2n) is 3.39. The van der Waals surface area contributed by atoms with E-state index >= 15 is 0 Å². The molecule has 0 atom stereocenters. The number of alkyl halides is 1. The summed E-state index contributed by atoms with van der Waals surface area (Å²) in [7, 11) is 0. The predicted molar refractivity (Wildman–Crippen MR) is 65.7 cm³/mol. The number of carbonyl (C=O) groups is 1. The molecule has 0 saturated carbocycles. The van der Waals surface area contributed by atoms with E-state index in [1.165, 1.54) is 0 Å². The average molecular weight is 235 g/mol. The van der Waals surface area contributed by atoms with Gasteiger partial charge in [0.15, 0.2) is 0 Å². The summed E-state index contributed by atoms with van der Waals surface area (Å²) in [4.78, 5) is 15.5. The van der Waals surface area contributed by atoms with Crippen LogP contribution in [0.15, 0.2) is 36.7 Å². The van der Waals surface area contributed by atoms with Crippen molar-refractivity contribution >= 4 is 34.0 Å². The molecule has 82 valence electrons. The summed E-state index contributed by atoms with van der Waals surface area (Å²) in [5, 5.41) is 4.83. The van der Waals surface area contributed by atoms with E-state index in [4.69, 9.17) is 11.6 Å². The fourth-order valence-corrected chi connectivity index (χ4v) is 1.70. The van der Waals surface area contributed by atoms with Gasteiger partial charge in [-0.3, -0.25) is 9.78 Å². The van der Waals surface area contributed by atoms with Crippen molar-refractivity contribution in [3.8, 4) is 0 Å². The Kier molecular flexibility index (Phi) is 3.37. The van der Waals surface area contributed by atoms with E-state index in [0.717, 1.165) is 16.5 Å². The lowest BCUT2D eigenvalue weighted by atomic mass is 10.1. The minimum atomic E-state index is -0.0701. The Morgan fingerprint density at radius 1 is 1.38 bits per heavy atom. The number of amides is 1. The molecule has 2 aromatic rings. The molecule has 1 heterocycles. The molecule has 0 radical (unpaired) electrons. The van der Waals surface area contributed by atoms with E-state index in [1.54, 1.807) is 12.4 Å². The molecule has 1 N–H and O–H groups in total. The molecule has 0 spiro atoms. The standard InChI is InChI=1S/C12H11ClN2O/c13-6-4-12(16)15-11-3-1-2-9-8-14-7-5-10(9)11/h1-3,5,7-8H,4,6H2,(H,15,16). The molecule has 0 aliphatic heterocycles. The highest BCUT2D eigenvalue weighted by Crippen LogP contribution is 2.22. The van der Waals surface area contributed by atoms with Crippen molar-refractivity contribution in [2.45, 2.75) is 6.42 Å². The number of benzene rings is 1. The summed E-state index contributed by atoms with van der Waals surface area (Å²) in [6.45, 7) is 0. The number of anilines is 1. The van der Waals surface area contributed by atoms with E-state index in [-0.39, 0.29) is 5.91 Å². The van der Waals surface area contributed by atoms with Gasteiger partial charge in [-0.1, -0.05) is 12.1 Å². The van der Waals surface area contributed by atoms with E-state index in [1.807, 2.05) is 24.3 Å². The maximum Gasteiger partial charge on any atom is 0.225 e. The van der Waals surface area contributed by atoms with E-state index in [0.29, 0.717) is 12.3 Å². The largest absolute Gasteiger partial charge is 0.325 e. The van der Waals surface area contributed by atoms with Crippen molar-refractivity contribution in [1.82, 2.24) is 4.98 Å². The Morgan fingerprint density at radius 2 is 2.25 bits per heavy atom. The lowest BCUT2D eigenvalue weighted by Gasteiger charge is -2.07. The molecule has 0 unspecified atom stereocenters. The number of rotatable bonds is 3. The van der Waals surface area contributed by atoms with Gasteiger partial charge >= 0.3 is 0 Å². The quantitative estimate of drug-likeness (QED) is 0.830. The fraction of sp³-hybridized carbons (Fsp3) is 0.167. The summed E-state index contributed by atoms with van der Waals surface area (Å²) >= 11 is 5.51. The van der Waals surface area contributed by atoms with E-state index in [2.05, 4.69) is 10.3 Å². The maximum atomic E-state index is 11.4. The molecule has 1 amide bonds. The number of hydrogen-bond donors (Lipinski definition) is 1. The number of aromatic nitrogens is 1. The number of nitrogens with one attached hydrogen (secondary N) is 1. The van der Waals surface area contributed by atoms with Crippen LogP contribution in [0, 0.1) is 0 Å². The molecule has 16 heavy (non-hydrogen) atoms. The summed E-state index contributed by atoms with van der Waals surface area (Å²) in [6, 6.07) is 7.60. The first kappa shape index (κ1) is 10.9. The third-order valence-electron chi connectivity index (χ3n) is 2.28. The molecular formula is C12H11ClN2O. The van der Waals surface area contributed by atoms with Gasteiger partial charge in [0.05, 0.1) is 0 Å². The molecule has 1 aromatic carbocycles. The number of nitrogens with zero attached hydrogens (tertiary/aromatic N) is 1. The van der Waals surface area contributed by atoms with Crippen molar-refractivity contribution in [2.75, 3.05) is 11.2 Å². The van der Waals surface area contributed by atoms with Gasteiger partial charge in [-0.2, -0.15) is 0 Å². The summed E-state index contributed by atoms with van der Waals surface area (Å²) < 4.78 is 0. The monoisotopic (exact) mass is 234 g/mol. The van der Waals surface area contributed by atoms with Gasteiger partial charge in [0.25, 0.3) is 0 Å². The zero-order chi connectivity index (χ0) is 11.4. The molecule has 0 aliphatic rings. The highest BCUT2D eigenvalue weighted by Gasteiger charge is 2.04. The number of fused-ring (bicyclic) bond motifs is 1. The van der Waals surface area contributed by atoms with Crippen LogP contribution in [-0.4, -0.2) is 16.8 Å². The molecule has 0 aliphatic carbocycles. The van der Waals surface area contributed by atoms with Crippen LogP contribution < -0.4 is 5.32 Å². The molecule has 0 bridgehead atoms. The third-order valence-corrected chi connectivity index (χ3v) is 2.47. The SMILES string of the molecule is O=C(CCCl)Nc1cccc2cnccc12. The van der Waals surface area contributed by atoms with Gasteiger partial charge in [-0.05, 0) is 12.1 Å². The lowest BCUT2D eigenvalue weighted by Crippen LogP contribution is -2.11. The number of pyridine rings is 1. The normalized spacial score (nSPS) is 10.3. The Balaban J connectivity index is 2.33. The van der Waals surface area contributed by atoms with Crippen molar-refractivity contribution in [3.05, 3.63) is 36.7 Å². The van der Waals surface area contributed by atoms with Gasteiger partial charge in [-0.15, -0.1) is 11.6 Å². The number of hydrogen-bond acceptors (Lipinski definition) is 2. The molecular weight excluding hydrogens is 224 g/mol. The second kappa shape index (κ2) is 4.94. The smallest absolute Gasteiger partial charge is 0.225 e. The maximum absolute atomic E-state index is 11.4. The molecule has 2 rings (SSSR count). The topological polar surface area (TPSA) is 42.0 Å². The van der Waals surface area contributed by atoms with Gasteiger partial charge in [0, 0.05) is 41.2 Å². The highest BCUT2D eigenvalue weighted by atomic mass is 35.5. The zero-order valence-electron chi connectivity index (χ0n) is 8.61. The first-order chi connectivity index (χ1) is 7.81. The minimum absolute atomic E-state index is 0.0701. The fourth-order valence-electron chi connectivity index (χ4n) is 1.53. The average Bonchev–Trinajstić information content (AvgIpc) is 2.30. The first-order valence-electron chi connectivity index (χ1n) is 5.00. The third kappa shape index (κ3) is 2.31. The molecule has 0 fully saturated rings. The van der Waals surface area contributed by atoms with Crippen LogP contribution in [0.25, 0.3) is 10.8 Å². The van der Waals surface area contributed by atoms with Crippen LogP contribution in [0.5, 0.6) is 0 Å². The Morgan fingerprint density at radius 3 is 3.06 bits per heavy atom. The van der Waals surface area contributed by atoms with Crippen LogP contribution in [-0.2, 0) is 4.79 Å². The van der Waals surface area contributed by atoms with Crippen molar-refractivity contribution in [2.24, 2.45) is 0 Å².